The van der Waals surface area contributed by atoms with Crippen LogP contribution in [-0.2, 0) is 4.79 Å². The van der Waals surface area contributed by atoms with Crippen molar-refractivity contribution in [2.75, 3.05) is 6.54 Å². The predicted octanol–water partition coefficient (Wildman–Crippen LogP) is 6.46. The van der Waals surface area contributed by atoms with Crippen LogP contribution in [0.25, 0.3) is 0 Å². The molecule has 0 spiro atoms. The van der Waals surface area contributed by atoms with Crippen molar-refractivity contribution in [2.45, 2.75) is 56.5 Å². The molecule has 1 unspecified atom stereocenters. The van der Waals surface area contributed by atoms with Crippen molar-refractivity contribution in [1.29, 1.82) is 0 Å². The second-order valence-electron chi connectivity index (χ2n) is 10.3. The first-order valence-electron chi connectivity index (χ1n) is 13.5. The highest BCUT2D eigenvalue weighted by molar-refractivity contribution is 6.35. The average Bonchev–Trinajstić information content (AvgIpc) is 2.98. The zero-order valence-electron chi connectivity index (χ0n) is 22.3. The molecule has 3 N–H and O–H groups in total. The third-order valence-corrected chi connectivity index (χ3v) is 7.92. The number of ketones is 2. The molecule has 41 heavy (non-hydrogen) atoms. The lowest BCUT2D eigenvalue weighted by atomic mass is 9.81. The number of hydrogen-bond donors (Lipinski definition) is 3. The van der Waals surface area contributed by atoms with Crippen molar-refractivity contribution in [3.05, 3.63) is 105 Å². The second kappa shape index (κ2) is 13.9. The fourth-order valence-electron chi connectivity index (χ4n) is 5.18. The van der Waals surface area contributed by atoms with Gasteiger partial charge in [0.25, 0.3) is 5.91 Å². The summed E-state index contributed by atoms with van der Waals surface area (Å²) in [6.45, 7) is -0.455. The molecule has 1 amide bonds. The molecule has 1 aliphatic rings. The van der Waals surface area contributed by atoms with Crippen molar-refractivity contribution in [1.82, 2.24) is 5.32 Å². The summed E-state index contributed by atoms with van der Waals surface area (Å²) in [5, 5.41) is 21.2. The maximum absolute atomic E-state index is 13.8. The number of aliphatic hydroxyl groups is 1. The number of carboxylic acids is 1. The number of hydrogen-bond acceptors (Lipinski definition) is 5. The van der Waals surface area contributed by atoms with E-state index >= 15 is 0 Å². The molecule has 2 atom stereocenters. The van der Waals surface area contributed by atoms with Crippen molar-refractivity contribution in [3.63, 3.8) is 0 Å². The summed E-state index contributed by atoms with van der Waals surface area (Å²) >= 11 is 12.2. The molecule has 3 aromatic carbocycles. The molecule has 0 aromatic heterocycles. The Morgan fingerprint density at radius 2 is 1.39 bits per heavy atom. The van der Waals surface area contributed by atoms with Gasteiger partial charge in [0.15, 0.2) is 17.7 Å². The summed E-state index contributed by atoms with van der Waals surface area (Å²) in [5.74, 6) is -2.89. The lowest BCUT2D eigenvalue weighted by molar-refractivity contribution is -0.146. The number of carbonyl (C=O) groups is 4. The minimum absolute atomic E-state index is 0.104. The molecule has 0 saturated heterocycles. The quantitative estimate of drug-likeness (QED) is 0.219. The molecular formula is C32H31Cl2NO6. The summed E-state index contributed by atoms with van der Waals surface area (Å²) in [6.07, 6.45) is 4.13. The Kier molecular flexibility index (Phi) is 10.3. The van der Waals surface area contributed by atoms with Crippen LogP contribution in [0.3, 0.4) is 0 Å². The van der Waals surface area contributed by atoms with Crippen LogP contribution in [-0.4, -0.2) is 46.3 Å². The Morgan fingerprint density at radius 1 is 0.805 bits per heavy atom. The van der Waals surface area contributed by atoms with E-state index in [1.807, 2.05) is 24.3 Å². The van der Waals surface area contributed by atoms with Gasteiger partial charge in [-0.05, 0) is 60.2 Å². The molecule has 3 aromatic rings. The normalized spacial score (nSPS) is 15.1. The van der Waals surface area contributed by atoms with Crippen molar-refractivity contribution < 1.29 is 29.4 Å². The molecule has 7 nitrogen and oxygen atoms in total. The van der Waals surface area contributed by atoms with E-state index in [1.54, 1.807) is 0 Å². The average molecular weight is 597 g/mol. The first kappa shape index (κ1) is 30.4. The Morgan fingerprint density at radius 3 is 1.98 bits per heavy atom. The van der Waals surface area contributed by atoms with Gasteiger partial charge in [-0.25, -0.2) is 4.79 Å². The number of amides is 1. The number of benzene rings is 3. The summed E-state index contributed by atoms with van der Waals surface area (Å²) in [4.78, 5) is 50.3. The molecule has 4 rings (SSSR count). The lowest BCUT2D eigenvalue weighted by Crippen LogP contribution is -2.36. The van der Waals surface area contributed by atoms with Crippen LogP contribution in [0.1, 0.15) is 92.6 Å². The zero-order chi connectivity index (χ0) is 29.5. The SMILES string of the molecule is O=C(CC(C(=O)c1ccc(C(=O)NC[C@@H](O)C(=O)O)cc1)c1ccc(C2CCCCC2)cc1)c1cc(Cl)cc(Cl)c1. The number of halogens is 2. The molecule has 0 aliphatic heterocycles. The van der Waals surface area contributed by atoms with Crippen molar-refractivity contribution >= 4 is 46.6 Å². The number of Topliss-reactive ketones (excluding diaryl/α,β-unsaturated/α-hetero) is 2. The highest BCUT2D eigenvalue weighted by atomic mass is 35.5. The van der Waals surface area contributed by atoms with Crippen LogP contribution in [0, 0.1) is 0 Å². The van der Waals surface area contributed by atoms with Gasteiger partial charge in [-0.1, -0.05) is 78.9 Å². The number of carbonyl (C=O) groups excluding carboxylic acids is 3. The number of carboxylic acid groups (broad SMARTS) is 1. The van der Waals surface area contributed by atoms with E-state index in [1.165, 1.54) is 67.3 Å². The third-order valence-electron chi connectivity index (χ3n) is 7.48. The summed E-state index contributed by atoms with van der Waals surface area (Å²) in [7, 11) is 0. The van der Waals surface area contributed by atoms with E-state index in [0.717, 1.165) is 12.8 Å². The van der Waals surface area contributed by atoms with Crippen LogP contribution < -0.4 is 5.32 Å². The standard InChI is InChI=1S/C32H31Cl2NO6/c33-25-14-24(15-26(34)16-25)28(36)17-27(21-8-6-20(7-9-21)19-4-2-1-3-5-19)30(38)22-10-12-23(13-11-22)31(39)35-18-29(37)32(40)41/h6-16,19,27,29,37H,1-5,17-18H2,(H,35,39)(H,40,41)/t27?,29-/m1/s1. The Labute approximate surface area is 248 Å². The van der Waals surface area contributed by atoms with Crippen LogP contribution in [0.2, 0.25) is 10.0 Å². The molecule has 9 heteroatoms. The molecule has 0 radical (unpaired) electrons. The zero-order valence-corrected chi connectivity index (χ0v) is 23.8. The number of aliphatic hydroxyl groups excluding tert-OH is 1. The topological polar surface area (TPSA) is 121 Å². The molecule has 1 aliphatic carbocycles. The van der Waals surface area contributed by atoms with Gasteiger partial charge in [0.05, 0.1) is 12.5 Å². The van der Waals surface area contributed by atoms with E-state index in [2.05, 4.69) is 5.32 Å². The summed E-state index contributed by atoms with van der Waals surface area (Å²) < 4.78 is 0. The van der Waals surface area contributed by atoms with E-state index in [4.69, 9.17) is 28.3 Å². The van der Waals surface area contributed by atoms with E-state index in [-0.39, 0.29) is 23.6 Å². The van der Waals surface area contributed by atoms with Gasteiger partial charge in [-0.3, -0.25) is 14.4 Å². The first-order valence-corrected chi connectivity index (χ1v) is 14.3. The second-order valence-corrected chi connectivity index (χ2v) is 11.2. The third kappa shape index (κ3) is 8.03. The molecule has 214 valence electrons. The van der Waals surface area contributed by atoms with Crippen LogP contribution in [0.4, 0.5) is 0 Å². The monoisotopic (exact) mass is 595 g/mol. The minimum Gasteiger partial charge on any atom is -0.479 e. The van der Waals surface area contributed by atoms with Crippen molar-refractivity contribution in [2.24, 2.45) is 0 Å². The number of rotatable bonds is 11. The highest BCUT2D eigenvalue weighted by Crippen LogP contribution is 2.34. The molecule has 1 saturated carbocycles. The number of nitrogens with one attached hydrogen (secondary N) is 1. The fraction of sp³-hybridized carbons (Fsp3) is 0.312. The van der Waals surface area contributed by atoms with E-state index in [9.17, 15) is 24.3 Å². The smallest absolute Gasteiger partial charge is 0.334 e. The Balaban J connectivity index is 1.57. The molecule has 1 fully saturated rings. The van der Waals surface area contributed by atoms with Crippen molar-refractivity contribution in [3.8, 4) is 0 Å². The van der Waals surface area contributed by atoms with Gasteiger partial charge in [0, 0.05) is 33.2 Å². The van der Waals surface area contributed by atoms with Gasteiger partial charge in [0.1, 0.15) is 0 Å². The highest BCUT2D eigenvalue weighted by Gasteiger charge is 2.27. The predicted molar refractivity (Wildman–Crippen MR) is 157 cm³/mol. The van der Waals surface area contributed by atoms with Gasteiger partial charge in [0.2, 0.25) is 0 Å². The van der Waals surface area contributed by atoms with E-state index < -0.39 is 30.4 Å². The maximum atomic E-state index is 13.8. The Bertz CT molecular complexity index is 1390. The van der Waals surface area contributed by atoms with Gasteiger partial charge < -0.3 is 15.5 Å². The fourth-order valence-corrected chi connectivity index (χ4v) is 5.71. The largest absolute Gasteiger partial charge is 0.479 e. The van der Waals surface area contributed by atoms with Crippen LogP contribution in [0.15, 0.2) is 66.7 Å². The lowest BCUT2D eigenvalue weighted by Gasteiger charge is -2.23. The van der Waals surface area contributed by atoms with Gasteiger partial charge in [-0.2, -0.15) is 0 Å². The van der Waals surface area contributed by atoms with Gasteiger partial charge in [-0.15, -0.1) is 0 Å². The Hall–Kier alpha value is -3.52. The molecule has 0 heterocycles. The van der Waals surface area contributed by atoms with Crippen LogP contribution in [0.5, 0.6) is 0 Å². The minimum atomic E-state index is -1.73. The molecular weight excluding hydrogens is 565 g/mol. The van der Waals surface area contributed by atoms with Gasteiger partial charge >= 0.3 is 5.97 Å². The first-order chi connectivity index (χ1) is 19.6. The summed E-state index contributed by atoms with van der Waals surface area (Å²) in [5.41, 5.74) is 2.76. The maximum Gasteiger partial charge on any atom is 0.334 e. The molecule has 0 bridgehead atoms. The van der Waals surface area contributed by atoms with E-state index in [0.29, 0.717) is 32.7 Å². The summed E-state index contributed by atoms with van der Waals surface area (Å²) in [6, 6.07) is 18.4. The van der Waals surface area contributed by atoms with Crippen LogP contribution >= 0.6 is 23.2 Å². The number of aliphatic carboxylic acids is 1.